The Balaban J connectivity index is 1.88. The average molecular weight is 600 g/mol. The van der Waals surface area contributed by atoms with Gasteiger partial charge in [0.2, 0.25) is 26.9 Å². The first-order valence-electron chi connectivity index (χ1n) is 12.0. The van der Waals surface area contributed by atoms with Crippen LogP contribution in [-0.2, 0) is 25.5 Å². The molecule has 3 atom stereocenters. The normalized spacial score (nSPS) is 24.6. The number of aliphatic carboxylic acids is 1. The van der Waals surface area contributed by atoms with E-state index >= 15 is 4.39 Å². The molecule has 15 heteroatoms. The smallest absolute Gasteiger partial charge is 0.420 e. The van der Waals surface area contributed by atoms with Crippen LogP contribution in [0.15, 0.2) is 41.3 Å². The van der Waals surface area contributed by atoms with Gasteiger partial charge in [-0.2, -0.15) is 13.2 Å². The van der Waals surface area contributed by atoms with Gasteiger partial charge >= 0.3 is 12.1 Å². The first-order valence-corrected chi connectivity index (χ1v) is 13.5. The highest BCUT2D eigenvalue weighted by atomic mass is 32.2. The number of alkyl halides is 6. The minimum atomic E-state index is -5.15. The van der Waals surface area contributed by atoms with Gasteiger partial charge in [0, 0.05) is 37.1 Å². The number of carboxylic acid groups (broad SMARTS) is 1. The van der Waals surface area contributed by atoms with Crippen LogP contribution in [0.2, 0.25) is 0 Å². The van der Waals surface area contributed by atoms with Crippen LogP contribution in [0, 0.1) is 11.7 Å². The maximum Gasteiger partial charge on any atom is 0.420 e. The molecule has 2 heterocycles. The largest absolute Gasteiger partial charge is 0.489 e. The van der Waals surface area contributed by atoms with Gasteiger partial charge in [-0.25, -0.2) is 30.8 Å². The van der Waals surface area contributed by atoms with Crippen LogP contribution in [-0.4, -0.2) is 56.3 Å². The highest BCUT2D eigenvalue weighted by molar-refractivity contribution is 7.92. The van der Waals surface area contributed by atoms with Gasteiger partial charge < -0.3 is 19.5 Å². The van der Waals surface area contributed by atoms with Crippen molar-refractivity contribution in [2.45, 2.75) is 54.3 Å². The summed E-state index contributed by atoms with van der Waals surface area (Å²) in [6.07, 6.45) is -6.77. The third-order valence-electron chi connectivity index (χ3n) is 6.88. The lowest BCUT2D eigenvalue weighted by atomic mass is 9.96. The topological polar surface area (TPSA) is 93.1 Å². The van der Waals surface area contributed by atoms with Crippen molar-refractivity contribution < 1.29 is 58.5 Å². The maximum atomic E-state index is 15.6. The number of hydrogen-bond acceptors (Lipinski definition) is 6. The van der Waals surface area contributed by atoms with Gasteiger partial charge in [-0.05, 0) is 43.7 Å². The second-order valence-electron chi connectivity index (χ2n) is 9.85. The van der Waals surface area contributed by atoms with Crippen molar-refractivity contribution in [3.8, 4) is 5.75 Å². The molecule has 0 radical (unpaired) electrons. The first kappa shape index (κ1) is 29.9. The van der Waals surface area contributed by atoms with Crippen LogP contribution in [0.3, 0.4) is 0 Å². The molecule has 0 unspecified atom stereocenters. The van der Waals surface area contributed by atoms with Crippen LogP contribution in [0.1, 0.15) is 31.7 Å². The maximum absolute atomic E-state index is 15.6. The molecule has 2 aliphatic rings. The van der Waals surface area contributed by atoms with Crippen molar-refractivity contribution in [2.75, 3.05) is 24.7 Å². The quantitative estimate of drug-likeness (QED) is 0.387. The average Bonchev–Trinajstić information content (AvgIpc) is 2.89. The number of benzene rings is 2. The van der Waals surface area contributed by atoms with Gasteiger partial charge in [-0.15, -0.1) is 0 Å². The number of rotatable bonds is 8. The number of sulfone groups is 1. The molecule has 0 bridgehead atoms. The van der Waals surface area contributed by atoms with E-state index in [4.69, 9.17) is 9.47 Å². The zero-order chi connectivity index (χ0) is 29.7. The standard InChI is InChI=1S/C25H24F7NO6S/c1-23(28,29)7-6-14-12-33(16-4-2-15(26)3-5-16)18-10-17(25(30,31)32)19(11-20(18)40(36,37)21(14)27)38-13-24(22(34)35)8-9-39-24/h2-5,10-11,14,21H,6-9,12-13H2,1H3,(H,34,35)/t14-,21+,24+/m1/s1. The molecule has 0 aliphatic carbocycles. The molecule has 0 saturated carbocycles. The van der Waals surface area contributed by atoms with Crippen molar-refractivity contribution in [3.05, 3.63) is 47.8 Å². The van der Waals surface area contributed by atoms with Crippen LogP contribution >= 0.6 is 0 Å². The molecule has 220 valence electrons. The summed E-state index contributed by atoms with van der Waals surface area (Å²) in [5, 5.41) is 9.40. The summed E-state index contributed by atoms with van der Waals surface area (Å²) in [6, 6.07) is 4.99. The molecule has 2 aromatic rings. The lowest BCUT2D eigenvalue weighted by molar-refractivity contribution is -0.201. The van der Waals surface area contributed by atoms with Crippen molar-refractivity contribution in [3.63, 3.8) is 0 Å². The summed E-state index contributed by atoms with van der Waals surface area (Å²) in [5.41, 5.74) is -6.89. The second kappa shape index (κ2) is 10.4. The Bertz CT molecular complexity index is 1370. The van der Waals surface area contributed by atoms with Crippen molar-refractivity contribution in [1.29, 1.82) is 0 Å². The number of carboxylic acids is 1. The Hall–Kier alpha value is -3.07. The van der Waals surface area contributed by atoms with Gasteiger partial charge in [0.25, 0.3) is 0 Å². The van der Waals surface area contributed by atoms with E-state index in [1.54, 1.807) is 0 Å². The summed E-state index contributed by atoms with van der Waals surface area (Å²) < 4.78 is 136. The monoisotopic (exact) mass is 599 g/mol. The Kier molecular flexibility index (Phi) is 7.77. The van der Waals surface area contributed by atoms with E-state index in [1.807, 2.05) is 0 Å². The Morgan fingerprint density at radius 2 is 1.80 bits per heavy atom. The van der Waals surface area contributed by atoms with Crippen LogP contribution in [0.25, 0.3) is 0 Å². The summed E-state index contributed by atoms with van der Waals surface area (Å²) in [5.74, 6) is -8.20. The van der Waals surface area contributed by atoms with Crippen molar-refractivity contribution in [1.82, 2.24) is 0 Å². The first-order chi connectivity index (χ1) is 18.4. The highest BCUT2D eigenvalue weighted by Gasteiger charge is 2.49. The summed E-state index contributed by atoms with van der Waals surface area (Å²) in [4.78, 5) is 11.6. The summed E-state index contributed by atoms with van der Waals surface area (Å²) in [6.45, 7) is -0.955. The van der Waals surface area contributed by atoms with E-state index in [9.17, 15) is 44.7 Å². The number of anilines is 2. The second-order valence-corrected chi connectivity index (χ2v) is 11.8. The molecule has 1 saturated heterocycles. The lowest BCUT2D eigenvalue weighted by Crippen LogP contribution is -2.55. The van der Waals surface area contributed by atoms with E-state index < -0.39 is 98.6 Å². The van der Waals surface area contributed by atoms with Gasteiger partial charge in [0.15, 0.2) is 0 Å². The SMILES string of the molecule is CC(F)(F)CC[C@@H]1CN(c2ccc(F)cc2)c2cc(C(F)(F)F)c(OC[C@]3(C(=O)O)CCO3)cc2S(=O)(=O)[C@@H]1F. The van der Waals surface area contributed by atoms with Gasteiger partial charge in [0.1, 0.15) is 18.2 Å². The number of hydrogen-bond donors (Lipinski definition) is 1. The predicted octanol–water partition coefficient (Wildman–Crippen LogP) is 5.74. The zero-order valence-corrected chi connectivity index (χ0v) is 21.7. The van der Waals surface area contributed by atoms with Gasteiger partial charge in [-0.1, -0.05) is 0 Å². The summed E-state index contributed by atoms with van der Waals surface area (Å²) in [7, 11) is -5.09. The van der Waals surface area contributed by atoms with Crippen LogP contribution in [0.5, 0.6) is 5.75 Å². The van der Waals surface area contributed by atoms with E-state index in [1.165, 1.54) is 0 Å². The lowest BCUT2D eigenvalue weighted by Gasteiger charge is -2.37. The molecule has 0 amide bonds. The minimum absolute atomic E-state index is 0.00864. The Labute approximate surface area is 224 Å². The molecule has 2 aliphatic heterocycles. The summed E-state index contributed by atoms with van der Waals surface area (Å²) >= 11 is 0. The molecular weight excluding hydrogens is 575 g/mol. The van der Waals surface area contributed by atoms with Gasteiger partial charge in [-0.3, -0.25) is 0 Å². The third kappa shape index (κ3) is 5.85. The Morgan fingerprint density at radius 1 is 1.18 bits per heavy atom. The molecular formula is C25H24F7NO6S. The molecule has 0 spiro atoms. The van der Waals surface area contributed by atoms with Crippen LogP contribution < -0.4 is 9.64 Å². The van der Waals surface area contributed by atoms with Gasteiger partial charge in [0.05, 0.1) is 22.8 Å². The third-order valence-corrected chi connectivity index (χ3v) is 8.79. The fourth-order valence-corrected chi connectivity index (χ4v) is 6.24. The predicted molar refractivity (Wildman–Crippen MR) is 127 cm³/mol. The number of nitrogens with zero attached hydrogens (tertiary/aromatic N) is 1. The highest BCUT2D eigenvalue weighted by Crippen LogP contribution is 2.48. The molecule has 40 heavy (non-hydrogen) atoms. The van der Waals surface area contributed by atoms with Crippen LogP contribution in [0.4, 0.5) is 42.1 Å². The molecule has 7 nitrogen and oxygen atoms in total. The molecule has 4 rings (SSSR count). The fourth-order valence-electron chi connectivity index (χ4n) is 4.53. The Morgan fingerprint density at radius 3 is 2.30 bits per heavy atom. The van der Waals surface area contributed by atoms with E-state index in [2.05, 4.69) is 0 Å². The molecule has 2 aromatic carbocycles. The van der Waals surface area contributed by atoms with E-state index in [-0.39, 0.29) is 18.7 Å². The zero-order valence-electron chi connectivity index (χ0n) is 20.9. The van der Waals surface area contributed by atoms with Crippen molar-refractivity contribution >= 4 is 27.2 Å². The van der Waals surface area contributed by atoms with Crippen molar-refractivity contribution in [2.24, 2.45) is 5.92 Å². The number of fused-ring (bicyclic) bond motifs is 1. The minimum Gasteiger partial charge on any atom is -0.489 e. The number of carbonyl (C=O) groups is 1. The fraction of sp³-hybridized carbons (Fsp3) is 0.480. The van der Waals surface area contributed by atoms with E-state index in [0.717, 1.165) is 29.2 Å². The molecule has 1 fully saturated rings. The molecule has 1 N–H and O–H groups in total. The molecule has 0 aromatic heterocycles. The number of halogens is 7. The number of ether oxygens (including phenoxy) is 2. The van der Waals surface area contributed by atoms with E-state index in [0.29, 0.717) is 19.1 Å².